The molecule has 1 aliphatic heterocycles. The van der Waals surface area contributed by atoms with E-state index in [-0.39, 0.29) is 24.4 Å². The molecule has 1 aromatic carbocycles. The monoisotopic (exact) mass is 351 g/mol. The number of ether oxygens (including phenoxy) is 1. The van der Waals surface area contributed by atoms with Gasteiger partial charge < -0.3 is 10.1 Å². The van der Waals surface area contributed by atoms with Crippen LogP contribution in [-0.4, -0.2) is 18.4 Å². The van der Waals surface area contributed by atoms with Crippen LogP contribution in [0.3, 0.4) is 0 Å². The number of hydrogen-bond donors (Lipinski definition) is 1. The van der Waals surface area contributed by atoms with Gasteiger partial charge in [0.1, 0.15) is 5.75 Å². The highest BCUT2D eigenvalue weighted by Gasteiger charge is 2.34. The van der Waals surface area contributed by atoms with E-state index in [4.69, 9.17) is 4.74 Å². The van der Waals surface area contributed by atoms with E-state index in [2.05, 4.69) is 11.9 Å². The fourth-order valence-corrected chi connectivity index (χ4v) is 3.26. The molecule has 1 saturated carbocycles. The van der Waals surface area contributed by atoms with E-state index in [0.717, 1.165) is 6.08 Å². The molecule has 1 aliphatic carbocycles. The third-order valence-corrected chi connectivity index (χ3v) is 4.69. The molecule has 3 rings (SSSR count). The van der Waals surface area contributed by atoms with Crippen LogP contribution in [0, 0.1) is 11.7 Å². The number of nitrogens with one attached hydrogen (secondary N) is 1. The minimum absolute atomic E-state index is 0.0629. The number of anilines is 1. The highest BCUT2D eigenvalue weighted by Crippen LogP contribution is 2.39. The van der Waals surface area contributed by atoms with E-state index in [1.807, 2.05) is 6.08 Å². The standard InChI is InChI=1S/C19H20F3NO2/c1-2-16(24)23-15-11-13(18-14(17(15)20)7-10-25-18)4-3-12-5-8-19(21,22)9-6-12/h2-4,11-12H,1,5-10H2,(H,23,24). The van der Waals surface area contributed by atoms with Gasteiger partial charge in [-0.2, -0.15) is 0 Å². The molecule has 1 N–H and O–H groups in total. The summed E-state index contributed by atoms with van der Waals surface area (Å²) >= 11 is 0. The van der Waals surface area contributed by atoms with Gasteiger partial charge in [0.25, 0.3) is 0 Å². The van der Waals surface area contributed by atoms with E-state index < -0.39 is 17.6 Å². The molecule has 134 valence electrons. The van der Waals surface area contributed by atoms with Crippen molar-refractivity contribution in [2.24, 2.45) is 5.92 Å². The lowest BCUT2D eigenvalue weighted by molar-refractivity contribution is -0.111. The Bertz CT molecular complexity index is 718. The number of hydrogen-bond acceptors (Lipinski definition) is 2. The quantitative estimate of drug-likeness (QED) is 0.797. The van der Waals surface area contributed by atoms with Crippen molar-refractivity contribution in [2.45, 2.75) is 38.0 Å². The topological polar surface area (TPSA) is 38.3 Å². The number of rotatable bonds is 4. The summed E-state index contributed by atoms with van der Waals surface area (Å²) in [6.07, 6.45) is 5.78. The summed E-state index contributed by atoms with van der Waals surface area (Å²) in [5, 5.41) is 2.46. The van der Waals surface area contributed by atoms with Crippen molar-refractivity contribution in [3.63, 3.8) is 0 Å². The van der Waals surface area contributed by atoms with Crippen LogP contribution in [0.2, 0.25) is 0 Å². The van der Waals surface area contributed by atoms with Gasteiger partial charge >= 0.3 is 0 Å². The minimum Gasteiger partial charge on any atom is -0.492 e. The van der Waals surface area contributed by atoms with Crippen LogP contribution in [-0.2, 0) is 11.2 Å². The number of amides is 1. The first kappa shape index (κ1) is 17.6. The Labute approximate surface area is 144 Å². The Morgan fingerprint density at radius 2 is 2.08 bits per heavy atom. The molecule has 1 aromatic rings. The lowest BCUT2D eigenvalue weighted by Gasteiger charge is -2.26. The van der Waals surface area contributed by atoms with Crippen molar-refractivity contribution in [3.05, 3.63) is 41.7 Å². The number of carbonyl (C=O) groups excluding carboxylic acids is 1. The third kappa shape index (κ3) is 3.89. The van der Waals surface area contributed by atoms with Crippen LogP contribution in [0.4, 0.5) is 18.9 Å². The van der Waals surface area contributed by atoms with E-state index in [9.17, 15) is 18.0 Å². The number of alkyl halides is 2. The molecule has 0 saturated heterocycles. The SMILES string of the molecule is C=CC(=O)Nc1cc(C=CC2CCC(F)(F)CC2)c2c(c1F)CCO2. The van der Waals surface area contributed by atoms with Gasteiger partial charge in [-0.1, -0.05) is 18.7 Å². The van der Waals surface area contributed by atoms with Crippen molar-refractivity contribution >= 4 is 17.7 Å². The van der Waals surface area contributed by atoms with E-state index in [0.29, 0.717) is 42.7 Å². The number of benzene rings is 1. The second-order valence-corrected chi connectivity index (χ2v) is 6.48. The summed E-state index contributed by atoms with van der Waals surface area (Å²) in [4.78, 5) is 11.5. The number of carbonyl (C=O) groups is 1. The van der Waals surface area contributed by atoms with Gasteiger partial charge in [0.05, 0.1) is 12.3 Å². The van der Waals surface area contributed by atoms with Gasteiger partial charge in [0, 0.05) is 30.4 Å². The maximum Gasteiger partial charge on any atom is 0.248 e. The van der Waals surface area contributed by atoms with Gasteiger partial charge in [-0.05, 0) is 30.9 Å². The molecule has 0 atom stereocenters. The lowest BCUT2D eigenvalue weighted by atomic mass is 9.86. The molecule has 0 spiro atoms. The summed E-state index contributed by atoms with van der Waals surface area (Å²) in [5.41, 5.74) is 1.14. The predicted molar refractivity (Wildman–Crippen MR) is 90.4 cm³/mol. The zero-order valence-electron chi connectivity index (χ0n) is 13.8. The molecule has 0 unspecified atom stereocenters. The maximum absolute atomic E-state index is 14.5. The Hall–Kier alpha value is -2.24. The fraction of sp³-hybridized carbons (Fsp3) is 0.421. The van der Waals surface area contributed by atoms with Crippen LogP contribution in [0.25, 0.3) is 6.08 Å². The van der Waals surface area contributed by atoms with Crippen LogP contribution in [0.5, 0.6) is 5.75 Å². The molecule has 25 heavy (non-hydrogen) atoms. The Balaban J connectivity index is 1.84. The molecule has 0 aromatic heterocycles. The summed E-state index contributed by atoms with van der Waals surface area (Å²) in [6, 6.07) is 1.51. The highest BCUT2D eigenvalue weighted by atomic mass is 19.3. The molecule has 2 aliphatic rings. The third-order valence-electron chi connectivity index (χ3n) is 4.69. The molecule has 1 fully saturated rings. The highest BCUT2D eigenvalue weighted by molar-refractivity contribution is 5.99. The Morgan fingerprint density at radius 1 is 1.36 bits per heavy atom. The maximum atomic E-state index is 14.5. The number of allylic oxidation sites excluding steroid dienone is 1. The molecule has 0 bridgehead atoms. The van der Waals surface area contributed by atoms with Crippen molar-refractivity contribution < 1.29 is 22.7 Å². The van der Waals surface area contributed by atoms with Gasteiger partial charge in [-0.25, -0.2) is 13.2 Å². The van der Waals surface area contributed by atoms with Crippen LogP contribution >= 0.6 is 0 Å². The summed E-state index contributed by atoms with van der Waals surface area (Å²) in [7, 11) is 0. The largest absolute Gasteiger partial charge is 0.492 e. The van der Waals surface area contributed by atoms with Gasteiger partial charge in [-0.15, -0.1) is 0 Å². The molecule has 0 radical (unpaired) electrons. The van der Waals surface area contributed by atoms with E-state index in [1.165, 1.54) is 6.07 Å². The normalized spacial score (nSPS) is 19.5. The van der Waals surface area contributed by atoms with Crippen molar-refractivity contribution in [2.75, 3.05) is 11.9 Å². The zero-order chi connectivity index (χ0) is 18.0. The number of fused-ring (bicyclic) bond motifs is 1. The molecule has 1 amide bonds. The Kier molecular flexibility index (Phi) is 4.88. The molecule has 6 heteroatoms. The van der Waals surface area contributed by atoms with Crippen molar-refractivity contribution in [1.29, 1.82) is 0 Å². The van der Waals surface area contributed by atoms with Crippen LogP contribution in [0.15, 0.2) is 24.8 Å². The second kappa shape index (κ2) is 6.94. The van der Waals surface area contributed by atoms with Crippen molar-refractivity contribution in [1.82, 2.24) is 0 Å². The molecule has 3 nitrogen and oxygen atoms in total. The van der Waals surface area contributed by atoms with Crippen molar-refractivity contribution in [3.8, 4) is 5.75 Å². The van der Waals surface area contributed by atoms with Gasteiger partial charge in [0.2, 0.25) is 11.8 Å². The zero-order valence-corrected chi connectivity index (χ0v) is 13.8. The first-order valence-corrected chi connectivity index (χ1v) is 8.37. The molecular weight excluding hydrogens is 331 g/mol. The average molecular weight is 351 g/mol. The lowest BCUT2D eigenvalue weighted by Crippen LogP contribution is -2.23. The first-order chi connectivity index (χ1) is 11.9. The van der Waals surface area contributed by atoms with Crippen LogP contribution < -0.4 is 10.1 Å². The summed E-state index contributed by atoms with van der Waals surface area (Å²) in [6.45, 7) is 3.73. The second-order valence-electron chi connectivity index (χ2n) is 6.48. The average Bonchev–Trinajstić information content (AvgIpc) is 3.07. The van der Waals surface area contributed by atoms with Gasteiger partial charge in [-0.3, -0.25) is 4.79 Å². The minimum atomic E-state index is -2.56. The summed E-state index contributed by atoms with van der Waals surface area (Å²) in [5.74, 6) is -3.04. The smallest absolute Gasteiger partial charge is 0.248 e. The van der Waals surface area contributed by atoms with E-state index >= 15 is 0 Å². The predicted octanol–water partition coefficient (Wildman–Crippen LogP) is 4.72. The number of halogens is 3. The Morgan fingerprint density at radius 3 is 2.76 bits per heavy atom. The summed E-state index contributed by atoms with van der Waals surface area (Å²) < 4.78 is 46.5. The fourth-order valence-electron chi connectivity index (χ4n) is 3.26. The van der Waals surface area contributed by atoms with Gasteiger partial charge in [0.15, 0.2) is 5.82 Å². The molecule has 1 heterocycles. The van der Waals surface area contributed by atoms with E-state index in [1.54, 1.807) is 6.08 Å². The first-order valence-electron chi connectivity index (χ1n) is 8.37. The van der Waals surface area contributed by atoms with Crippen LogP contribution in [0.1, 0.15) is 36.8 Å². The molecular formula is C19H20F3NO2.